The average Bonchev–Trinajstić information content (AvgIpc) is 2.74. The van der Waals surface area contributed by atoms with Crippen LogP contribution in [0, 0.1) is 24.0 Å². The molecule has 0 saturated heterocycles. The maximum atomic E-state index is 11.0. The van der Waals surface area contributed by atoms with Crippen molar-refractivity contribution in [3.05, 3.63) is 106 Å². The van der Waals surface area contributed by atoms with E-state index in [0.717, 1.165) is 33.6 Å². The van der Waals surface area contributed by atoms with Crippen molar-refractivity contribution in [2.75, 3.05) is 0 Å². The number of pyridine rings is 1. The maximum absolute atomic E-state index is 11.0. The maximum Gasteiger partial charge on any atom is 0.269 e. The van der Waals surface area contributed by atoms with Gasteiger partial charge >= 0.3 is 0 Å². The first-order chi connectivity index (χ1) is 14.0. The van der Waals surface area contributed by atoms with Crippen LogP contribution in [0.4, 0.5) is 5.69 Å². The lowest BCUT2D eigenvalue weighted by atomic mass is 9.99. The van der Waals surface area contributed by atoms with Crippen molar-refractivity contribution in [2.24, 2.45) is 0 Å². The van der Waals surface area contributed by atoms with Crippen LogP contribution >= 0.6 is 0 Å². The van der Waals surface area contributed by atoms with Gasteiger partial charge < -0.3 is 0 Å². The molecule has 29 heavy (non-hydrogen) atoms. The second-order valence-electron chi connectivity index (χ2n) is 7.16. The first kappa shape index (κ1) is 18.6. The van der Waals surface area contributed by atoms with E-state index in [1.54, 1.807) is 12.1 Å². The summed E-state index contributed by atoms with van der Waals surface area (Å²) in [6.07, 6.45) is 0. The molecule has 0 bridgehead atoms. The van der Waals surface area contributed by atoms with Gasteiger partial charge in [0, 0.05) is 23.3 Å². The third-order valence-electron chi connectivity index (χ3n) is 4.93. The van der Waals surface area contributed by atoms with Crippen LogP contribution in [0.1, 0.15) is 11.1 Å². The predicted molar refractivity (Wildman–Crippen MR) is 117 cm³/mol. The van der Waals surface area contributed by atoms with E-state index in [1.807, 2.05) is 12.1 Å². The highest BCUT2D eigenvalue weighted by Crippen LogP contribution is 2.31. The first-order valence-electron chi connectivity index (χ1n) is 9.40. The lowest BCUT2D eigenvalue weighted by molar-refractivity contribution is -0.384. The Morgan fingerprint density at radius 2 is 1.03 bits per heavy atom. The van der Waals surface area contributed by atoms with Crippen LogP contribution in [0.25, 0.3) is 33.6 Å². The number of rotatable bonds is 4. The molecule has 0 saturated carbocycles. The number of aryl methyl sites for hydroxylation is 2. The zero-order chi connectivity index (χ0) is 20.4. The molecule has 0 amide bonds. The highest BCUT2D eigenvalue weighted by atomic mass is 16.6. The van der Waals surface area contributed by atoms with Gasteiger partial charge in [0.25, 0.3) is 5.69 Å². The van der Waals surface area contributed by atoms with Crippen molar-refractivity contribution in [3.8, 4) is 33.6 Å². The SMILES string of the molecule is Cc1ccc(-c2cc(-c3ccc([N+](=O)[O-])cc3)cc(-c3ccc(C)cc3)n2)cc1. The molecular formula is C25H20N2O2. The fourth-order valence-corrected chi connectivity index (χ4v) is 3.22. The predicted octanol–water partition coefficient (Wildman–Crippen LogP) is 6.61. The minimum absolute atomic E-state index is 0.0836. The van der Waals surface area contributed by atoms with Gasteiger partial charge in [0.15, 0.2) is 0 Å². The molecule has 0 spiro atoms. The standard InChI is InChI=1S/C25H20N2O2/c1-17-3-7-20(8-4-17)24-15-22(19-11-13-23(14-12-19)27(28)29)16-25(26-24)21-9-5-18(2)6-10-21/h3-16H,1-2H3. The van der Waals surface area contributed by atoms with Crippen LogP contribution in [0.3, 0.4) is 0 Å². The largest absolute Gasteiger partial charge is 0.269 e. The van der Waals surface area contributed by atoms with Crippen LogP contribution in [0.15, 0.2) is 84.9 Å². The van der Waals surface area contributed by atoms with Crippen LogP contribution in [-0.2, 0) is 0 Å². The molecule has 3 aromatic carbocycles. The molecule has 0 N–H and O–H groups in total. The summed E-state index contributed by atoms with van der Waals surface area (Å²) in [5.74, 6) is 0. The van der Waals surface area contributed by atoms with Gasteiger partial charge in [0.1, 0.15) is 0 Å². The third-order valence-corrected chi connectivity index (χ3v) is 4.93. The van der Waals surface area contributed by atoms with Gasteiger partial charge in [-0.05, 0) is 49.2 Å². The van der Waals surface area contributed by atoms with Crippen molar-refractivity contribution in [1.29, 1.82) is 0 Å². The zero-order valence-corrected chi connectivity index (χ0v) is 16.3. The summed E-state index contributed by atoms with van der Waals surface area (Å²) >= 11 is 0. The fraction of sp³-hybridized carbons (Fsp3) is 0.0800. The average molecular weight is 380 g/mol. The Kier molecular flexibility index (Phi) is 4.92. The minimum Gasteiger partial charge on any atom is -0.258 e. The molecule has 4 rings (SSSR count). The van der Waals surface area contributed by atoms with Gasteiger partial charge in [-0.1, -0.05) is 59.7 Å². The monoisotopic (exact) mass is 380 g/mol. The molecule has 1 heterocycles. The Bertz CT molecular complexity index is 1100. The van der Waals surface area contributed by atoms with E-state index in [9.17, 15) is 10.1 Å². The third kappa shape index (κ3) is 4.06. The number of hydrogen-bond donors (Lipinski definition) is 0. The van der Waals surface area contributed by atoms with Crippen LogP contribution in [-0.4, -0.2) is 9.91 Å². The van der Waals surface area contributed by atoms with E-state index in [0.29, 0.717) is 0 Å². The lowest BCUT2D eigenvalue weighted by Gasteiger charge is -2.11. The summed E-state index contributed by atoms with van der Waals surface area (Å²) < 4.78 is 0. The molecule has 4 aromatic rings. The number of non-ortho nitro benzene ring substituents is 1. The lowest BCUT2D eigenvalue weighted by Crippen LogP contribution is -1.92. The fourth-order valence-electron chi connectivity index (χ4n) is 3.22. The second kappa shape index (κ2) is 7.68. The molecule has 4 heteroatoms. The topological polar surface area (TPSA) is 56.0 Å². The van der Waals surface area contributed by atoms with Gasteiger partial charge in [-0.3, -0.25) is 10.1 Å². The number of nitrogens with zero attached hydrogens (tertiary/aromatic N) is 2. The van der Waals surface area contributed by atoms with E-state index in [4.69, 9.17) is 4.98 Å². The van der Waals surface area contributed by atoms with Crippen molar-refractivity contribution in [3.63, 3.8) is 0 Å². The summed E-state index contributed by atoms with van der Waals surface area (Å²) in [7, 11) is 0. The Morgan fingerprint density at radius 3 is 1.45 bits per heavy atom. The minimum atomic E-state index is -0.383. The van der Waals surface area contributed by atoms with Crippen LogP contribution < -0.4 is 0 Å². The molecule has 0 aliphatic rings. The van der Waals surface area contributed by atoms with E-state index >= 15 is 0 Å². The molecule has 1 aromatic heterocycles. The number of aromatic nitrogens is 1. The smallest absolute Gasteiger partial charge is 0.258 e. The molecule has 4 nitrogen and oxygen atoms in total. The van der Waals surface area contributed by atoms with Crippen molar-refractivity contribution in [2.45, 2.75) is 13.8 Å². The number of hydrogen-bond acceptors (Lipinski definition) is 3. The van der Waals surface area contributed by atoms with Gasteiger partial charge in [0.05, 0.1) is 16.3 Å². The second-order valence-corrected chi connectivity index (χ2v) is 7.16. The summed E-state index contributed by atoms with van der Waals surface area (Å²) in [6.45, 7) is 4.12. The summed E-state index contributed by atoms with van der Waals surface area (Å²) in [5, 5.41) is 11.0. The quantitative estimate of drug-likeness (QED) is 0.296. The normalized spacial score (nSPS) is 10.7. The molecule has 0 aliphatic heterocycles. The summed E-state index contributed by atoms with van der Waals surface area (Å²) in [5.41, 5.74) is 8.17. The van der Waals surface area contributed by atoms with E-state index < -0.39 is 0 Å². The van der Waals surface area contributed by atoms with Gasteiger partial charge in [-0.2, -0.15) is 0 Å². The van der Waals surface area contributed by atoms with E-state index in [1.165, 1.54) is 23.3 Å². The van der Waals surface area contributed by atoms with Crippen molar-refractivity contribution in [1.82, 2.24) is 4.98 Å². The molecule has 0 fully saturated rings. The van der Waals surface area contributed by atoms with Gasteiger partial charge in [-0.15, -0.1) is 0 Å². The van der Waals surface area contributed by atoms with E-state index in [2.05, 4.69) is 62.4 Å². The highest BCUT2D eigenvalue weighted by molar-refractivity contribution is 5.77. The Morgan fingerprint density at radius 1 is 0.621 bits per heavy atom. The van der Waals surface area contributed by atoms with Crippen LogP contribution in [0.2, 0.25) is 0 Å². The molecule has 142 valence electrons. The summed E-state index contributed by atoms with van der Waals surface area (Å²) in [4.78, 5) is 15.5. The molecule has 0 atom stereocenters. The molecule has 0 unspecified atom stereocenters. The van der Waals surface area contributed by atoms with Crippen LogP contribution in [0.5, 0.6) is 0 Å². The zero-order valence-electron chi connectivity index (χ0n) is 16.3. The molecule has 0 aliphatic carbocycles. The summed E-state index contributed by atoms with van der Waals surface area (Å²) in [6, 6.07) is 27.2. The molecule has 0 radical (unpaired) electrons. The van der Waals surface area contributed by atoms with Gasteiger partial charge in [-0.25, -0.2) is 4.98 Å². The Hall–Kier alpha value is -3.79. The number of benzene rings is 3. The molecular weight excluding hydrogens is 360 g/mol. The Labute approximate surface area is 169 Å². The van der Waals surface area contributed by atoms with Crippen molar-refractivity contribution < 1.29 is 4.92 Å². The van der Waals surface area contributed by atoms with E-state index in [-0.39, 0.29) is 10.6 Å². The number of nitro groups is 1. The first-order valence-corrected chi connectivity index (χ1v) is 9.40. The van der Waals surface area contributed by atoms with Crippen molar-refractivity contribution >= 4 is 5.69 Å². The Balaban J connectivity index is 1.86. The van der Waals surface area contributed by atoms with Gasteiger partial charge in [0.2, 0.25) is 0 Å². The highest BCUT2D eigenvalue weighted by Gasteiger charge is 2.11. The number of nitro benzene ring substituents is 1.